The summed E-state index contributed by atoms with van der Waals surface area (Å²) in [5.41, 5.74) is 1.32. The molecule has 0 radical (unpaired) electrons. The first-order valence-electron chi connectivity index (χ1n) is 5.33. The van der Waals surface area contributed by atoms with E-state index in [1.54, 1.807) is 22.9 Å². The molecule has 0 fully saturated rings. The van der Waals surface area contributed by atoms with E-state index in [-0.39, 0.29) is 13.2 Å². The lowest BCUT2D eigenvalue weighted by Gasteiger charge is -2.01. The van der Waals surface area contributed by atoms with Crippen molar-refractivity contribution in [3.05, 3.63) is 33.7 Å². The minimum Gasteiger partial charge on any atom is -0.383 e. The number of carbonyl (C=O) groups excluding carboxylic acids is 1. The highest BCUT2D eigenvalue weighted by atomic mass is 32.1. The number of hydrogen-bond acceptors (Lipinski definition) is 6. The molecule has 0 N–H and O–H groups in total. The van der Waals surface area contributed by atoms with Crippen molar-refractivity contribution in [3.63, 3.8) is 0 Å². The van der Waals surface area contributed by atoms with Gasteiger partial charge in [-0.05, 0) is 6.92 Å². The van der Waals surface area contributed by atoms with E-state index in [4.69, 9.17) is 0 Å². The lowest BCUT2D eigenvalue weighted by atomic mass is 10.3. The molecule has 6 heteroatoms. The normalized spacial score (nSPS) is 10.5. The van der Waals surface area contributed by atoms with E-state index in [2.05, 4.69) is 9.97 Å². The van der Waals surface area contributed by atoms with Crippen LogP contribution in [0.2, 0.25) is 0 Å². The fourth-order valence-electron chi connectivity index (χ4n) is 1.27. The molecule has 0 saturated heterocycles. The summed E-state index contributed by atoms with van der Waals surface area (Å²) in [5.74, 6) is -0.0850. The van der Waals surface area contributed by atoms with Crippen molar-refractivity contribution >= 4 is 28.5 Å². The third-order valence-corrected chi connectivity index (χ3v) is 3.76. The average Bonchev–Trinajstić information content (AvgIpc) is 2.93. The Hall–Kier alpha value is -1.53. The van der Waals surface area contributed by atoms with Gasteiger partial charge in [0.2, 0.25) is 5.78 Å². The Balaban J connectivity index is 0.00000180. The SMILES string of the molecule is C.Cc1nc(-c2nc(C(=O)/C=C/N(C)C)cs2)cs1. The van der Waals surface area contributed by atoms with Crippen molar-refractivity contribution < 1.29 is 4.79 Å². The zero-order chi connectivity index (χ0) is 13.1. The van der Waals surface area contributed by atoms with Crippen LogP contribution in [-0.4, -0.2) is 34.7 Å². The molecule has 0 amide bonds. The van der Waals surface area contributed by atoms with Crippen molar-refractivity contribution in [2.24, 2.45) is 0 Å². The van der Waals surface area contributed by atoms with Gasteiger partial charge in [-0.2, -0.15) is 0 Å². The van der Waals surface area contributed by atoms with E-state index >= 15 is 0 Å². The summed E-state index contributed by atoms with van der Waals surface area (Å²) in [4.78, 5) is 22.3. The lowest BCUT2D eigenvalue weighted by molar-refractivity contribution is 0.104. The fourth-order valence-corrected chi connectivity index (χ4v) is 2.71. The van der Waals surface area contributed by atoms with Crippen molar-refractivity contribution in [1.82, 2.24) is 14.9 Å². The van der Waals surface area contributed by atoms with Crippen LogP contribution in [-0.2, 0) is 0 Å². The third-order valence-electron chi connectivity index (χ3n) is 2.12. The molecule has 19 heavy (non-hydrogen) atoms. The van der Waals surface area contributed by atoms with Gasteiger partial charge in [0.25, 0.3) is 0 Å². The summed E-state index contributed by atoms with van der Waals surface area (Å²) in [6.07, 6.45) is 3.24. The molecule has 0 aliphatic carbocycles. The zero-order valence-corrected chi connectivity index (χ0v) is 12.0. The Kier molecular flexibility index (Phi) is 5.38. The first kappa shape index (κ1) is 15.5. The number of carbonyl (C=O) groups is 1. The van der Waals surface area contributed by atoms with Gasteiger partial charge in [-0.3, -0.25) is 4.79 Å². The summed E-state index contributed by atoms with van der Waals surface area (Å²) < 4.78 is 0. The van der Waals surface area contributed by atoms with E-state index in [0.29, 0.717) is 5.69 Å². The predicted octanol–water partition coefficient (Wildman–Crippen LogP) is 3.47. The summed E-state index contributed by atoms with van der Waals surface area (Å²) >= 11 is 3.02. The van der Waals surface area contributed by atoms with Crippen LogP contribution in [0.15, 0.2) is 23.0 Å². The first-order valence-corrected chi connectivity index (χ1v) is 7.09. The number of hydrogen-bond donors (Lipinski definition) is 0. The Bertz CT molecular complexity index is 584. The molecule has 0 unspecified atom stereocenters. The monoisotopic (exact) mass is 295 g/mol. The Labute approximate surface area is 121 Å². The van der Waals surface area contributed by atoms with Gasteiger partial charge in [-0.1, -0.05) is 7.43 Å². The highest BCUT2D eigenvalue weighted by molar-refractivity contribution is 7.14. The number of ketones is 1. The molecule has 102 valence electrons. The second-order valence-corrected chi connectivity index (χ2v) is 5.85. The van der Waals surface area contributed by atoms with Gasteiger partial charge in [0.1, 0.15) is 16.4 Å². The molecule has 0 aliphatic heterocycles. The van der Waals surface area contributed by atoms with Gasteiger partial charge >= 0.3 is 0 Å². The summed E-state index contributed by atoms with van der Waals surface area (Å²) in [7, 11) is 3.74. The summed E-state index contributed by atoms with van der Waals surface area (Å²) in [5, 5.41) is 5.52. The molecule has 2 aromatic heterocycles. The van der Waals surface area contributed by atoms with Crippen LogP contribution in [0.25, 0.3) is 10.7 Å². The molecule has 0 saturated carbocycles. The van der Waals surface area contributed by atoms with E-state index in [0.717, 1.165) is 15.7 Å². The second kappa shape index (κ2) is 6.58. The van der Waals surface area contributed by atoms with E-state index < -0.39 is 0 Å². The average molecular weight is 295 g/mol. The van der Waals surface area contributed by atoms with Crippen molar-refractivity contribution in [2.45, 2.75) is 14.4 Å². The minimum absolute atomic E-state index is 0. The van der Waals surface area contributed by atoms with E-state index in [1.165, 1.54) is 17.4 Å². The molecule has 2 rings (SSSR count). The van der Waals surface area contributed by atoms with Gasteiger partial charge in [-0.15, -0.1) is 22.7 Å². The maximum absolute atomic E-state index is 11.8. The third kappa shape index (κ3) is 3.97. The van der Waals surface area contributed by atoms with Crippen LogP contribution in [0.1, 0.15) is 22.9 Å². The number of aromatic nitrogens is 2. The van der Waals surface area contributed by atoms with Gasteiger partial charge in [0.15, 0.2) is 0 Å². The Morgan fingerprint density at radius 1 is 1.26 bits per heavy atom. The number of allylic oxidation sites excluding steroid dienone is 1. The lowest BCUT2D eigenvalue weighted by Crippen LogP contribution is -2.03. The van der Waals surface area contributed by atoms with Crippen LogP contribution in [0.4, 0.5) is 0 Å². The van der Waals surface area contributed by atoms with Gasteiger partial charge in [-0.25, -0.2) is 9.97 Å². The van der Waals surface area contributed by atoms with Crippen LogP contribution in [0.3, 0.4) is 0 Å². The Morgan fingerprint density at radius 2 is 2.00 bits per heavy atom. The molecule has 4 nitrogen and oxygen atoms in total. The highest BCUT2D eigenvalue weighted by Gasteiger charge is 2.11. The summed E-state index contributed by atoms with van der Waals surface area (Å²) in [6.45, 7) is 1.95. The topological polar surface area (TPSA) is 46.1 Å². The molecular weight excluding hydrogens is 278 g/mol. The van der Waals surface area contributed by atoms with Crippen molar-refractivity contribution in [1.29, 1.82) is 0 Å². The van der Waals surface area contributed by atoms with Crippen LogP contribution in [0.5, 0.6) is 0 Å². The first-order chi connectivity index (χ1) is 8.56. The second-order valence-electron chi connectivity index (χ2n) is 3.93. The number of aryl methyl sites for hydroxylation is 1. The molecule has 0 spiro atoms. The van der Waals surface area contributed by atoms with Gasteiger partial charge in [0, 0.05) is 37.1 Å². The molecule has 0 atom stereocenters. The smallest absolute Gasteiger partial charge is 0.206 e. The highest BCUT2D eigenvalue weighted by Crippen LogP contribution is 2.25. The molecular formula is C13H17N3OS2. The van der Waals surface area contributed by atoms with E-state index in [1.807, 2.05) is 31.3 Å². The van der Waals surface area contributed by atoms with Crippen LogP contribution in [0, 0.1) is 6.92 Å². The van der Waals surface area contributed by atoms with Gasteiger partial charge < -0.3 is 4.90 Å². The Morgan fingerprint density at radius 3 is 2.58 bits per heavy atom. The van der Waals surface area contributed by atoms with Crippen molar-refractivity contribution in [3.8, 4) is 10.7 Å². The molecule has 2 heterocycles. The maximum Gasteiger partial charge on any atom is 0.206 e. The van der Waals surface area contributed by atoms with Crippen LogP contribution >= 0.6 is 22.7 Å². The largest absolute Gasteiger partial charge is 0.383 e. The number of rotatable bonds is 4. The molecule has 0 aromatic carbocycles. The molecule has 0 bridgehead atoms. The predicted molar refractivity (Wildman–Crippen MR) is 81.8 cm³/mol. The van der Waals surface area contributed by atoms with Gasteiger partial charge in [0.05, 0.1) is 5.01 Å². The minimum atomic E-state index is -0.0850. The number of thiazole rings is 2. The quantitative estimate of drug-likeness (QED) is 0.640. The summed E-state index contributed by atoms with van der Waals surface area (Å²) in [6, 6.07) is 0. The van der Waals surface area contributed by atoms with E-state index in [9.17, 15) is 4.79 Å². The zero-order valence-electron chi connectivity index (χ0n) is 10.4. The van der Waals surface area contributed by atoms with Crippen molar-refractivity contribution in [2.75, 3.05) is 14.1 Å². The standard InChI is InChI=1S/C12H13N3OS2.CH4/c1-8-13-10(7-17-8)12-14-9(6-18-12)11(16)4-5-15(2)3;/h4-7H,1-3H3;1H4/b5-4+;. The fraction of sp³-hybridized carbons (Fsp3) is 0.308. The molecule has 0 aliphatic rings. The number of nitrogens with zero attached hydrogens (tertiary/aromatic N) is 3. The molecule has 2 aromatic rings. The van der Waals surface area contributed by atoms with Crippen LogP contribution < -0.4 is 0 Å². The maximum atomic E-state index is 11.8.